The van der Waals surface area contributed by atoms with E-state index in [9.17, 15) is 4.79 Å². The van der Waals surface area contributed by atoms with Crippen LogP contribution in [0, 0.1) is 0 Å². The van der Waals surface area contributed by atoms with Gasteiger partial charge in [-0.2, -0.15) is 0 Å². The van der Waals surface area contributed by atoms with Crippen LogP contribution in [0.15, 0.2) is 0 Å². The van der Waals surface area contributed by atoms with Crippen LogP contribution in [0.5, 0.6) is 0 Å². The van der Waals surface area contributed by atoms with Crippen molar-refractivity contribution in [2.24, 2.45) is 0 Å². The van der Waals surface area contributed by atoms with Crippen LogP contribution in [-0.4, -0.2) is 51.3 Å². The largest absolute Gasteiger partial charge is 0.469 e. The average Bonchev–Trinajstić information content (AvgIpc) is 2.17. The van der Waals surface area contributed by atoms with Gasteiger partial charge >= 0.3 is 5.97 Å². The Labute approximate surface area is 79.8 Å². The molecule has 0 unspecified atom stereocenters. The van der Waals surface area contributed by atoms with Crippen LogP contribution in [0.1, 0.15) is 13.3 Å². The van der Waals surface area contributed by atoms with Gasteiger partial charge in [-0.25, -0.2) is 0 Å². The van der Waals surface area contributed by atoms with Crippen LogP contribution in [-0.2, 0) is 14.3 Å². The number of nitrogens with zero attached hydrogens (tertiary/aromatic N) is 1. The molecule has 0 N–H and O–H groups in total. The Morgan fingerprint density at radius 3 is 2.46 bits per heavy atom. The topological polar surface area (TPSA) is 38.8 Å². The summed E-state index contributed by atoms with van der Waals surface area (Å²) in [6.07, 6.45) is 0.452. The van der Waals surface area contributed by atoms with Gasteiger partial charge in [0.25, 0.3) is 0 Å². The molecule has 0 fully saturated rings. The van der Waals surface area contributed by atoms with E-state index in [4.69, 9.17) is 4.74 Å². The van der Waals surface area contributed by atoms with Crippen LogP contribution in [0.4, 0.5) is 0 Å². The normalized spacial score (nSPS) is 10.5. The third-order valence-electron chi connectivity index (χ3n) is 1.92. The third kappa shape index (κ3) is 6.54. The van der Waals surface area contributed by atoms with E-state index in [1.54, 1.807) is 7.11 Å². The molecule has 0 aromatic carbocycles. The van der Waals surface area contributed by atoms with Crippen molar-refractivity contribution in [2.75, 3.05) is 40.5 Å². The highest BCUT2D eigenvalue weighted by molar-refractivity contribution is 5.69. The maximum atomic E-state index is 10.8. The van der Waals surface area contributed by atoms with Crippen molar-refractivity contribution in [3.8, 4) is 0 Å². The first kappa shape index (κ1) is 12.4. The second-order valence-electron chi connectivity index (χ2n) is 2.75. The van der Waals surface area contributed by atoms with E-state index in [2.05, 4.69) is 16.6 Å². The Bertz CT molecular complexity index is 139. The Balaban J connectivity index is 3.52. The van der Waals surface area contributed by atoms with Gasteiger partial charge in [-0.1, -0.05) is 6.92 Å². The smallest absolute Gasteiger partial charge is 0.306 e. The van der Waals surface area contributed by atoms with Crippen LogP contribution < -0.4 is 0 Å². The fraction of sp³-hybridized carbons (Fsp3) is 0.889. The molecule has 78 valence electrons. The second kappa shape index (κ2) is 8.01. The molecule has 0 saturated heterocycles. The van der Waals surface area contributed by atoms with Gasteiger partial charge < -0.3 is 14.4 Å². The third-order valence-corrected chi connectivity index (χ3v) is 1.92. The summed E-state index contributed by atoms with van der Waals surface area (Å²) in [6.45, 7) is 5.30. The Morgan fingerprint density at radius 2 is 2.00 bits per heavy atom. The lowest BCUT2D eigenvalue weighted by Gasteiger charge is -2.18. The van der Waals surface area contributed by atoms with E-state index >= 15 is 0 Å². The molecule has 0 bridgehead atoms. The summed E-state index contributed by atoms with van der Waals surface area (Å²) < 4.78 is 9.50. The number of likely N-dealkylation sites (N-methyl/N-ethyl adjacent to an activating group) is 1. The minimum Gasteiger partial charge on any atom is -0.469 e. The van der Waals surface area contributed by atoms with Gasteiger partial charge in [-0.3, -0.25) is 4.79 Å². The van der Waals surface area contributed by atoms with E-state index in [1.165, 1.54) is 7.11 Å². The Hall–Kier alpha value is -0.610. The second-order valence-corrected chi connectivity index (χ2v) is 2.75. The van der Waals surface area contributed by atoms with Gasteiger partial charge in [0.05, 0.1) is 20.1 Å². The van der Waals surface area contributed by atoms with Gasteiger partial charge in [0.1, 0.15) is 0 Å². The molecule has 0 amide bonds. The first-order valence-corrected chi connectivity index (χ1v) is 4.52. The lowest BCUT2D eigenvalue weighted by Crippen LogP contribution is -2.29. The van der Waals surface area contributed by atoms with E-state index in [-0.39, 0.29) is 5.97 Å². The summed E-state index contributed by atoms with van der Waals surface area (Å²) in [5.41, 5.74) is 0. The molecule has 0 rings (SSSR count). The number of hydrogen-bond donors (Lipinski definition) is 0. The van der Waals surface area contributed by atoms with E-state index in [1.807, 2.05) is 0 Å². The minimum absolute atomic E-state index is 0.157. The highest BCUT2D eigenvalue weighted by Gasteiger charge is 2.05. The molecular formula is C9H19NO3. The number of ether oxygens (including phenoxy) is 2. The zero-order valence-electron chi connectivity index (χ0n) is 8.71. The fourth-order valence-electron chi connectivity index (χ4n) is 1.000. The molecular weight excluding hydrogens is 170 g/mol. The van der Waals surface area contributed by atoms with Gasteiger partial charge in [-0.15, -0.1) is 0 Å². The maximum Gasteiger partial charge on any atom is 0.306 e. The van der Waals surface area contributed by atoms with Crippen molar-refractivity contribution in [1.29, 1.82) is 0 Å². The van der Waals surface area contributed by atoms with E-state index in [0.29, 0.717) is 13.0 Å². The molecule has 13 heavy (non-hydrogen) atoms. The molecule has 4 heteroatoms. The van der Waals surface area contributed by atoms with Gasteiger partial charge in [0.2, 0.25) is 0 Å². The lowest BCUT2D eigenvalue weighted by molar-refractivity contribution is -0.141. The van der Waals surface area contributed by atoms with E-state index < -0.39 is 0 Å². The average molecular weight is 189 g/mol. The minimum atomic E-state index is -0.157. The van der Waals surface area contributed by atoms with Crippen LogP contribution in [0.25, 0.3) is 0 Å². The number of carbonyl (C=O) groups excluding carboxylic acids is 1. The molecule has 0 aliphatic rings. The summed E-state index contributed by atoms with van der Waals surface area (Å²) >= 11 is 0. The number of rotatable bonds is 7. The van der Waals surface area contributed by atoms with Crippen LogP contribution in [0.3, 0.4) is 0 Å². The van der Waals surface area contributed by atoms with Crippen molar-refractivity contribution >= 4 is 5.97 Å². The zero-order chi connectivity index (χ0) is 10.1. The zero-order valence-corrected chi connectivity index (χ0v) is 8.71. The number of hydrogen-bond acceptors (Lipinski definition) is 4. The van der Waals surface area contributed by atoms with Gasteiger partial charge in [0, 0.05) is 20.2 Å². The lowest BCUT2D eigenvalue weighted by atomic mass is 10.4. The van der Waals surface area contributed by atoms with Crippen molar-refractivity contribution in [3.05, 3.63) is 0 Å². The highest BCUT2D eigenvalue weighted by Crippen LogP contribution is 1.92. The molecule has 0 aliphatic carbocycles. The van der Waals surface area contributed by atoms with Crippen molar-refractivity contribution in [3.63, 3.8) is 0 Å². The standard InChI is InChI=1S/C9H19NO3/c1-4-10(7-8-12-2)6-5-9(11)13-3/h4-8H2,1-3H3. The monoisotopic (exact) mass is 189 g/mol. The molecule has 0 saturated carbocycles. The summed E-state index contributed by atoms with van der Waals surface area (Å²) in [6, 6.07) is 0. The number of esters is 1. The first-order chi connectivity index (χ1) is 6.24. The summed E-state index contributed by atoms with van der Waals surface area (Å²) in [5, 5.41) is 0. The van der Waals surface area contributed by atoms with Crippen molar-refractivity contribution < 1.29 is 14.3 Å². The molecule has 4 nitrogen and oxygen atoms in total. The molecule has 0 atom stereocenters. The Morgan fingerprint density at radius 1 is 1.31 bits per heavy atom. The highest BCUT2D eigenvalue weighted by atomic mass is 16.5. The molecule has 0 aliphatic heterocycles. The Kier molecular flexibility index (Phi) is 7.63. The number of carbonyl (C=O) groups is 1. The predicted octanol–water partition coefficient (Wildman–Crippen LogP) is 0.518. The molecule has 0 aromatic heterocycles. The SMILES string of the molecule is CCN(CCOC)CCC(=O)OC. The van der Waals surface area contributed by atoms with Crippen LogP contribution in [0.2, 0.25) is 0 Å². The number of methoxy groups -OCH3 is 2. The quantitative estimate of drug-likeness (QED) is 0.547. The summed E-state index contributed by atoms with van der Waals surface area (Å²) in [7, 11) is 3.09. The van der Waals surface area contributed by atoms with Gasteiger partial charge in [0.15, 0.2) is 0 Å². The van der Waals surface area contributed by atoms with Crippen LogP contribution >= 0.6 is 0 Å². The molecule has 0 aromatic rings. The first-order valence-electron chi connectivity index (χ1n) is 4.52. The predicted molar refractivity (Wildman–Crippen MR) is 50.6 cm³/mol. The maximum absolute atomic E-state index is 10.8. The van der Waals surface area contributed by atoms with Gasteiger partial charge in [-0.05, 0) is 6.54 Å². The van der Waals surface area contributed by atoms with Crippen molar-refractivity contribution in [1.82, 2.24) is 4.90 Å². The summed E-state index contributed by atoms with van der Waals surface area (Å²) in [5.74, 6) is -0.157. The fourth-order valence-corrected chi connectivity index (χ4v) is 1.000. The molecule has 0 radical (unpaired) electrons. The molecule has 0 spiro atoms. The van der Waals surface area contributed by atoms with Crippen molar-refractivity contribution in [2.45, 2.75) is 13.3 Å². The summed E-state index contributed by atoms with van der Waals surface area (Å²) in [4.78, 5) is 13.0. The molecule has 0 heterocycles. The van der Waals surface area contributed by atoms with E-state index in [0.717, 1.165) is 19.6 Å².